The molecule has 5 aromatic heterocycles. The van der Waals surface area contributed by atoms with Gasteiger partial charge in [-0.15, -0.1) is 0 Å². The van der Waals surface area contributed by atoms with E-state index in [1.54, 1.807) is 0 Å². The van der Waals surface area contributed by atoms with Crippen LogP contribution in [0.5, 0.6) is 0 Å². The molecule has 21 aromatic rings. The third-order valence-electron chi connectivity index (χ3n) is 23.4. The summed E-state index contributed by atoms with van der Waals surface area (Å²) in [5.41, 5.74) is 37.6. The Hall–Kier alpha value is -17.5. The number of benzene rings is 16. The molecule has 16 aromatic carbocycles. The van der Waals surface area contributed by atoms with Crippen LogP contribution in [0.3, 0.4) is 0 Å². The van der Waals surface area contributed by atoms with Crippen molar-refractivity contribution >= 4 is 5.71 Å². The van der Waals surface area contributed by atoms with Crippen LogP contribution in [0, 0.1) is 34.6 Å². The maximum absolute atomic E-state index is 4.92. The smallest absolute Gasteiger partial charge is 0.160 e. The summed E-state index contributed by atoms with van der Waals surface area (Å²) in [7, 11) is 0. The molecule has 0 amide bonds. The van der Waals surface area contributed by atoms with Gasteiger partial charge in [0.25, 0.3) is 0 Å². The van der Waals surface area contributed by atoms with Crippen molar-refractivity contribution in [3.8, 4) is 158 Å². The zero-order valence-corrected chi connectivity index (χ0v) is 78.3. The highest BCUT2D eigenvalue weighted by Crippen LogP contribution is 2.37. The summed E-state index contributed by atoms with van der Waals surface area (Å²) in [5.74, 6) is 2.27. The Kier molecular flexibility index (Phi) is 30.9. The molecular weight excluding hydrogens is 1680 g/mol. The second-order valence-electron chi connectivity index (χ2n) is 34.0. The number of pyridine rings is 2. The molecule has 1 unspecified atom stereocenters. The van der Waals surface area contributed by atoms with Crippen molar-refractivity contribution in [1.82, 2.24) is 39.9 Å². The Balaban J connectivity index is 0.000000115. The molecule has 9 heteroatoms. The van der Waals surface area contributed by atoms with Crippen LogP contribution in [0.25, 0.3) is 158 Å². The van der Waals surface area contributed by atoms with E-state index in [0.29, 0.717) is 0 Å². The highest BCUT2D eigenvalue weighted by atomic mass is 14.9. The number of aromatic nitrogens is 8. The van der Waals surface area contributed by atoms with E-state index >= 15 is 0 Å². The molecule has 9 nitrogen and oxygen atoms in total. The monoisotopic (exact) mass is 1780 g/mol. The van der Waals surface area contributed by atoms with Crippen LogP contribution in [0.4, 0.5) is 0 Å². The maximum Gasteiger partial charge on any atom is 0.160 e. The molecule has 0 spiro atoms. The molecule has 0 N–H and O–H groups in total. The SMILES string of the molecule is CC1=CC(c2ccccc2)=NC(c2ccccc2)C1.Cc1cc(-c2ccccc2)nc(-c2ccccc2)n1.Cc1ccc(-c2cc(-c3ccccc3)nc(-c3ccccc3)c2)cc1.Cc1ccc(-c2cc(-c3ccccc3)nc(-c3ccccc3)n2)cc1.Cc1cccc(-c2cc(-c3ccccc3)nc(-c3ccccc3)c2)c1.Cc1cccc(-c2cc(-c3ccccc3)nc(-c3ccccc3)n2)c1. The summed E-state index contributed by atoms with van der Waals surface area (Å²) in [5, 5.41) is 0. The Labute approximate surface area is 811 Å². The topological polar surface area (TPSA) is 115 Å². The molecular formula is C129H105N9. The molecule has 1 atom stereocenters. The fraction of sp³-hybridized carbons (Fsp3) is 0.0620. The molecule has 1 aliphatic heterocycles. The van der Waals surface area contributed by atoms with Crippen molar-refractivity contribution in [2.24, 2.45) is 4.99 Å². The van der Waals surface area contributed by atoms with Gasteiger partial charge in [0.1, 0.15) is 0 Å². The van der Waals surface area contributed by atoms with E-state index in [4.69, 9.17) is 34.9 Å². The van der Waals surface area contributed by atoms with Crippen LogP contribution < -0.4 is 0 Å². The first-order valence-corrected chi connectivity index (χ1v) is 46.7. The average molecular weight is 1780 g/mol. The lowest BCUT2D eigenvalue weighted by Gasteiger charge is -2.20. The number of hydrogen-bond donors (Lipinski definition) is 0. The van der Waals surface area contributed by atoms with Gasteiger partial charge in [-0.05, 0) is 136 Å². The molecule has 0 bridgehead atoms. The Morgan fingerprint density at radius 3 is 0.746 bits per heavy atom. The van der Waals surface area contributed by atoms with E-state index in [1.807, 2.05) is 189 Å². The van der Waals surface area contributed by atoms with E-state index < -0.39 is 0 Å². The first-order valence-electron chi connectivity index (χ1n) is 46.7. The maximum atomic E-state index is 4.92. The molecule has 0 radical (unpaired) electrons. The van der Waals surface area contributed by atoms with Gasteiger partial charge in [0.2, 0.25) is 0 Å². The van der Waals surface area contributed by atoms with E-state index in [2.05, 4.69) is 372 Å². The van der Waals surface area contributed by atoms with Gasteiger partial charge in [-0.3, -0.25) is 4.99 Å². The number of rotatable bonds is 16. The van der Waals surface area contributed by atoms with Crippen LogP contribution in [0.15, 0.2) is 520 Å². The molecule has 22 rings (SSSR count). The third kappa shape index (κ3) is 25.2. The Bertz CT molecular complexity index is 6930. The first kappa shape index (κ1) is 92.3. The number of dihydropyridines is 1. The van der Waals surface area contributed by atoms with E-state index in [9.17, 15) is 0 Å². The summed E-state index contributed by atoms with van der Waals surface area (Å²) < 4.78 is 0. The molecule has 6 heterocycles. The molecule has 138 heavy (non-hydrogen) atoms. The Morgan fingerprint density at radius 2 is 0.413 bits per heavy atom. The number of aryl methyl sites for hydroxylation is 5. The van der Waals surface area contributed by atoms with Gasteiger partial charge in [-0.25, -0.2) is 39.9 Å². The summed E-state index contributed by atoms with van der Waals surface area (Å²) in [6.07, 6.45) is 3.22. The summed E-state index contributed by atoms with van der Waals surface area (Å²) >= 11 is 0. The number of hydrogen-bond acceptors (Lipinski definition) is 9. The fourth-order valence-corrected chi connectivity index (χ4v) is 16.2. The predicted octanol–water partition coefficient (Wildman–Crippen LogP) is 33.0. The summed E-state index contributed by atoms with van der Waals surface area (Å²) in [4.78, 5) is 43.2. The van der Waals surface area contributed by atoms with E-state index in [1.165, 1.54) is 61.2 Å². The zero-order valence-electron chi connectivity index (χ0n) is 78.3. The minimum atomic E-state index is 0.251. The second-order valence-corrected chi connectivity index (χ2v) is 34.0. The third-order valence-corrected chi connectivity index (χ3v) is 23.4. The molecule has 0 saturated heterocycles. The van der Waals surface area contributed by atoms with Gasteiger partial charge in [0.15, 0.2) is 17.5 Å². The fourth-order valence-electron chi connectivity index (χ4n) is 16.2. The van der Waals surface area contributed by atoms with Crippen LogP contribution in [-0.4, -0.2) is 45.6 Å². The Morgan fingerprint density at radius 1 is 0.167 bits per heavy atom. The minimum absolute atomic E-state index is 0.251. The normalized spacial score (nSPS) is 11.7. The van der Waals surface area contributed by atoms with Crippen molar-refractivity contribution in [3.63, 3.8) is 0 Å². The van der Waals surface area contributed by atoms with Gasteiger partial charge in [-0.1, -0.05) is 483 Å². The van der Waals surface area contributed by atoms with Crippen LogP contribution in [0.2, 0.25) is 0 Å². The van der Waals surface area contributed by atoms with Crippen molar-refractivity contribution in [1.29, 1.82) is 0 Å². The lowest BCUT2D eigenvalue weighted by molar-refractivity contribution is 0.710. The molecule has 1 aliphatic rings. The first-order chi connectivity index (χ1) is 67.8. The largest absolute Gasteiger partial charge is 0.276 e. The van der Waals surface area contributed by atoms with Gasteiger partial charge in [0, 0.05) is 72.5 Å². The molecule has 0 aliphatic carbocycles. The summed E-state index contributed by atoms with van der Waals surface area (Å²) in [6.45, 7) is 12.6. The van der Waals surface area contributed by atoms with Crippen LogP contribution in [0.1, 0.15) is 58.5 Å². The molecule has 0 fully saturated rings. The van der Waals surface area contributed by atoms with Crippen molar-refractivity contribution < 1.29 is 0 Å². The number of nitrogens with zero attached hydrogens (tertiary/aromatic N) is 9. The molecule has 666 valence electrons. The predicted molar refractivity (Wildman–Crippen MR) is 575 cm³/mol. The average Bonchev–Trinajstić information content (AvgIpc) is 0.841. The zero-order chi connectivity index (χ0) is 94.4. The van der Waals surface area contributed by atoms with Crippen LogP contribution in [-0.2, 0) is 0 Å². The van der Waals surface area contributed by atoms with Crippen LogP contribution >= 0.6 is 0 Å². The lowest BCUT2D eigenvalue weighted by Crippen LogP contribution is -2.09. The number of aliphatic imine (C=N–C) groups is 1. The van der Waals surface area contributed by atoms with E-state index in [-0.39, 0.29) is 6.04 Å². The summed E-state index contributed by atoms with van der Waals surface area (Å²) in [6, 6.07) is 173. The molecule has 0 saturated carbocycles. The minimum Gasteiger partial charge on any atom is -0.276 e. The highest BCUT2D eigenvalue weighted by Gasteiger charge is 2.20. The van der Waals surface area contributed by atoms with Crippen molar-refractivity contribution in [2.75, 3.05) is 0 Å². The van der Waals surface area contributed by atoms with Gasteiger partial charge >= 0.3 is 0 Å². The standard InChI is InChI=1S/2C24H19N.2C23H18N2.C18H17N.C17H14N2/c1-18-9-8-14-21(15-18)22-16-23(19-10-4-2-5-11-19)25-24(17-22)20-12-6-3-7-13-20;1-18-12-14-19(15-13-18)22-16-23(20-8-4-2-5-9-20)25-24(17-22)21-10-6-3-7-11-21;1-17-9-8-14-20(15-17)22-16-21(18-10-4-2-5-11-18)24-23(25-22)19-12-6-3-7-13-19;1-17-12-14-19(15-13-17)22-16-21(18-8-4-2-5-9-18)24-23(25-22)20-10-6-3-7-11-20;1-14-12-17(15-8-4-2-5-9-15)19-18(13-14)16-10-6-3-7-11-16;1-13-12-16(14-8-4-2-5-9-14)19-17(18-13)15-10-6-3-7-11-15/h2*2-17H,1H3;2*2-16H,1H3;2-12,18H,13H2,1H3;2-12H,1H3. The number of allylic oxidation sites excluding steroid dienone is 1. The quantitative estimate of drug-likeness (QED) is 0.0939. The van der Waals surface area contributed by atoms with Gasteiger partial charge in [0.05, 0.1) is 63.0 Å². The lowest BCUT2D eigenvalue weighted by atomic mass is 9.94. The van der Waals surface area contributed by atoms with Gasteiger partial charge < -0.3 is 0 Å². The van der Waals surface area contributed by atoms with Crippen molar-refractivity contribution in [2.45, 2.75) is 54.0 Å². The highest BCUT2D eigenvalue weighted by molar-refractivity contribution is 6.09. The van der Waals surface area contributed by atoms with Gasteiger partial charge in [-0.2, -0.15) is 0 Å². The van der Waals surface area contributed by atoms with E-state index in [0.717, 1.165) is 153 Å². The second kappa shape index (κ2) is 46.2. The van der Waals surface area contributed by atoms with Crippen molar-refractivity contribution in [3.05, 3.63) is 554 Å².